The fourth-order valence-electron chi connectivity index (χ4n) is 17.9. The molecule has 0 unspecified atom stereocenters. The second-order valence-corrected chi connectivity index (χ2v) is 47.0. The lowest BCUT2D eigenvalue weighted by Crippen LogP contribution is -2.69. The molecule has 0 aromatic heterocycles. The normalized spacial score (nSPS) is 28.7. The second kappa shape index (κ2) is 41.7. The van der Waals surface area contributed by atoms with Gasteiger partial charge in [-0.15, -0.1) is 0 Å². The van der Waals surface area contributed by atoms with E-state index in [1.165, 1.54) is 12.1 Å². The number of rotatable bonds is 39. The first-order valence-electron chi connectivity index (χ1n) is 41.2. The van der Waals surface area contributed by atoms with E-state index in [0.29, 0.717) is 0 Å². The Morgan fingerprint density at radius 1 is 0.353 bits per heavy atom. The summed E-state index contributed by atoms with van der Waals surface area (Å²) >= 11 is 2.21. The molecule has 116 heavy (non-hydrogen) atoms. The highest BCUT2D eigenvalue weighted by Gasteiger charge is 2.62. The predicted molar refractivity (Wildman–Crippen MR) is 454 cm³/mol. The zero-order chi connectivity index (χ0) is 82.3. The fourth-order valence-corrected chi connectivity index (χ4v) is 31.2. The van der Waals surface area contributed by atoms with E-state index >= 15 is 8.42 Å². The van der Waals surface area contributed by atoms with Gasteiger partial charge in [-0.1, -0.05) is 306 Å². The van der Waals surface area contributed by atoms with Gasteiger partial charge < -0.3 is 79.9 Å². The first-order valence-corrected chi connectivity index (χ1v) is 48.2. The molecule has 5 heterocycles. The minimum Gasteiger partial charge on any atom is -0.424 e. The minimum atomic E-state index is -4.39. The Labute approximate surface area is 702 Å². The van der Waals surface area contributed by atoms with Crippen LogP contribution < -0.4 is 4.72 Å². The third-order valence-corrected chi connectivity index (χ3v) is 38.4. The summed E-state index contributed by atoms with van der Waals surface area (Å²) in [6, 6.07) is 67.4. The smallest absolute Gasteiger partial charge is 0.424 e. The molecule has 25 heteroatoms. The lowest BCUT2D eigenvalue weighted by Gasteiger charge is -2.52. The van der Waals surface area contributed by atoms with E-state index in [1.807, 2.05) is 196 Å². The van der Waals surface area contributed by atoms with Crippen LogP contribution in [0.5, 0.6) is 0 Å². The van der Waals surface area contributed by atoms with Crippen LogP contribution in [-0.2, 0) is 130 Å². The van der Waals surface area contributed by atoms with E-state index in [2.05, 4.69) is 110 Å². The van der Waals surface area contributed by atoms with Crippen molar-refractivity contribution in [2.75, 3.05) is 13.2 Å². The van der Waals surface area contributed by atoms with Crippen molar-refractivity contribution < 1.29 is 93.1 Å². The Kier molecular flexibility index (Phi) is 32.2. The third-order valence-electron chi connectivity index (χ3n) is 23.4. The number of halogens is 1. The molecule has 5 saturated heterocycles. The summed E-state index contributed by atoms with van der Waals surface area (Å²) in [5.41, 5.74) is 6.13. The molecule has 20 atom stereocenters. The molecule has 21 nitrogen and oxygen atoms in total. The number of sulfonamides is 1. The zero-order valence-electron chi connectivity index (χ0n) is 69.3. The summed E-state index contributed by atoms with van der Waals surface area (Å²) in [4.78, 5) is 14.5. The van der Waals surface area contributed by atoms with E-state index < -0.39 is 153 Å². The standard InChI is InChI=1S/C91H120INO20SSi2/c1-58(2)115(59(3)4,60(5)6)103-56-73-78(109-88-84(101-54-70-44-30-19-31-45-70)81(99-52-68-40-26-17-27-41-68)76(64(13)105-88)97-50-66-36-22-15-23-37-66)80(75(92)87(107-73)93-114(95,96)72-48-34-21-35-49-72)110-90-86(83-79(112-91(94)113-83)74(108-90)57-104-116(61(7)8,62(9)10)63(11)12)111-89-85(102-55-71-46-32-20-33-47-71)82(100-53-69-42-28-18-29-43-69)77(65(14)106-89)98-51-67-38-24-16-25-39-67/h15-49,58-65,73-90,93H,50-57H2,1-14H3/t64-,65-,73+,74+,75-,76+,77+,78+,79-,80+,81+,82+,83-,84-,85-,86+,87-,88-,89-,90-/m0/s1. The molecule has 7 aromatic carbocycles. The van der Waals surface area contributed by atoms with Crippen molar-refractivity contribution in [3.8, 4) is 0 Å². The number of alkyl halides is 1. The van der Waals surface area contributed by atoms with Crippen LogP contribution in [-0.4, -0.2) is 165 Å². The van der Waals surface area contributed by atoms with Crippen LogP contribution >= 0.6 is 22.6 Å². The predicted octanol–water partition coefficient (Wildman–Crippen LogP) is 17.7. The van der Waals surface area contributed by atoms with Gasteiger partial charge in [0.05, 0.1) is 73.9 Å². The highest BCUT2D eigenvalue weighted by atomic mass is 127. The number of fused-ring (bicyclic) bond motifs is 1. The van der Waals surface area contributed by atoms with Crippen LogP contribution in [0.1, 0.15) is 130 Å². The topological polar surface area (TPSA) is 220 Å². The van der Waals surface area contributed by atoms with Gasteiger partial charge in [0, 0.05) is 0 Å². The van der Waals surface area contributed by atoms with Gasteiger partial charge in [0.1, 0.15) is 67.3 Å². The van der Waals surface area contributed by atoms with E-state index in [0.717, 1.165) is 33.4 Å². The molecule has 0 aliphatic carbocycles. The molecular weight excluding hydrogens is 1640 g/mol. The quantitative estimate of drug-likeness (QED) is 0.0164. The first kappa shape index (κ1) is 89.5. The number of carbonyl (C=O) groups excluding carboxylic acids is 1. The molecular formula is C91H120INO20SSi2. The van der Waals surface area contributed by atoms with E-state index in [4.69, 9.17) is 79.9 Å². The summed E-state index contributed by atoms with van der Waals surface area (Å²) in [6.45, 7) is 31.1. The molecule has 0 spiro atoms. The van der Waals surface area contributed by atoms with Gasteiger partial charge in [-0.2, -0.15) is 4.72 Å². The molecule has 1 N–H and O–H groups in total. The monoisotopic (exact) mass is 1760 g/mol. The molecule has 0 bridgehead atoms. The van der Waals surface area contributed by atoms with Crippen molar-refractivity contribution in [1.82, 2.24) is 4.72 Å². The maximum atomic E-state index is 15.2. The van der Waals surface area contributed by atoms with Crippen LogP contribution in [0, 0.1) is 0 Å². The highest BCUT2D eigenvalue weighted by Crippen LogP contribution is 2.48. The SMILES string of the molecule is CC(C)[Si](OC[C@H]1O[C@@H](O[C@@H]2[C@H](I)[C@@H](NS(=O)(=O)c3ccccc3)O[C@H](CO[Si](C(C)C)(C(C)C)C(C)C)[C@H]2O[C@@H]2O[C@@H](C)[C@@H](OCc3ccccc3)[C@@H](OCc3ccccc3)[C@@H]2OCc2ccccc2)[C@H](O[C@@H]2O[C@@H](C)[C@@H](OCc3ccccc3)[C@@H](OCc3ccccc3)[C@@H]2OCc2ccccc2)[C@H]2OC(=O)O[C@H]21)(C(C)C)C(C)C. The van der Waals surface area contributed by atoms with Gasteiger partial charge in [-0.25, -0.2) is 13.2 Å². The molecule has 0 saturated carbocycles. The van der Waals surface area contributed by atoms with Gasteiger partial charge in [-0.3, -0.25) is 0 Å². The Morgan fingerprint density at radius 2 is 0.647 bits per heavy atom. The van der Waals surface area contributed by atoms with E-state index in [1.54, 1.807) is 18.2 Å². The largest absolute Gasteiger partial charge is 0.509 e. The lowest BCUT2D eigenvalue weighted by molar-refractivity contribution is -0.383. The zero-order valence-corrected chi connectivity index (χ0v) is 74.3. The van der Waals surface area contributed by atoms with Crippen molar-refractivity contribution in [3.63, 3.8) is 0 Å². The summed E-state index contributed by atoms with van der Waals surface area (Å²) in [5, 5.41) is 0. The van der Waals surface area contributed by atoms with E-state index in [-0.39, 0.29) is 91.0 Å². The van der Waals surface area contributed by atoms with Gasteiger partial charge >= 0.3 is 6.16 Å². The average Bonchev–Trinajstić information content (AvgIpc) is 1.31. The van der Waals surface area contributed by atoms with Crippen LogP contribution in [0.25, 0.3) is 0 Å². The molecule has 5 fully saturated rings. The molecule has 5 aliphatic rings. The first-order chi connectivity index (χ1) is 55.8. The Balaban J connectivity index is 1.02. The van der Waals surface area contributed by atoms with Crippen molar-refractivity contribution in [2.45, 2.75) is 295 Å². The number of benzene rings is 7. The number of nitrogens with one attached hydrogen (secondary N) is 1. The third kappa shape index (κ3) is 21.8. The number of ether oxygens (including phenoxy) is 15. The number of hydrogen-bond donors (Lipinski definition) is 1. The van der Waals surface area contributed by atoms with Crippen LogP contribution in [0.2, 0.25) is 33.2 Å². The lowest BCUT2D eigenvalue weighted by atomic mass is 9.96. The second-order valence-electron chi connectivity index (χ2n) is 33.0. The molecule has 7 aromatic rings. The van der Waals surface area contributed by atoms with Gasteiger partial charge in [0.15, 0.2) is 53.8 Å². The maximum absolute atomic E-state index is 15.2. The summed E-state index contributed by atoms with van der Waals surface area (Å²) < 4.78 is 156. The maximum Gasteiger partial charge on any atom is 0.509 e. The minimum absolute atomic E-state index is 0.00426. The average molecular weight is 1760 g/mol. The molecule has 630 valence electrons. The molecule has 5 aliphatic heterocycles. The Hall–Kier alpha value is -5.72. The number of carbonyl (C=O) groups is 1. The highest BCUT2D eigenvalue weighted by molar-refractivity contribution is 14.1. The summed E-state index contributed by atoms with van der Waals surface area (Å²) in [7, 11) is -9.98. The summed E-state index contributed by atoms with van der Waals surface area (Å²) in [6.07, 6.45) is -22.1. The van der Waals surface area contributed by atoms with Crippen molar-refractivity contribution in [2.24, 2.45) is 0 Å². The van der Waals surface area contributed by atoms with Crippen LogP contribution in [0.3, 0.4) is 0 Å². The van der Waals surface area contributed by atoms with Gasteiger partial charge in [0.25, 0.3) is 0 Å². The number of hydrogen-bond acceptors (Lipinski definition) is 20. The van der Waals surface area contributed by atoms with Crippen LogP contribution in [0.15, 0.2) is 217 Å². The summed E-state index contributed by atoms with van der Waals surface area (Å²) in [5.74, 6) is 0. The molecule has 0 amide bonds. The molecule has 12 rings (SSSR count). The van der Waals surface area contributed by atoms with Crippen molar-refractivity contribution in [3.05, 3.63) is 246 Å². The van der Waals surface area contributed by atoms with E-state index in [9.17, 15) is 4.79 Å². The van der Waals surface area contributed by atoms with Gasteiger partial charge in [-0.05, 0) is 92.6 Å². The van der Waals surface area contributed by atoms with Gasteiger partial charge in [0.2, 0.25) is 10.0 Å². The van der Waals surface area contributed by atoms with Crippen LogP contribution in [0.4, 0.5) is 4.79 Å². The fraction of sp³-hybridized carbons (Fsp3) is 0.527. The van der Waals surface area contributed by atoms with Crippen molar-refractivity contribution >= 4 is 55.4 Å². The van der Waals surface area contributed by atoms with Crippen molar-refractivity contribution in [1.29, 1.82) is 0 Å². The Morgan fingerprint density at radius 3 is 1.00 bits per heavy atom. The Bertz CT molecular complexity index is 4150. The molecule has 0 radical (unpaired) electrons.